The summed E-state index contributed by atoms with van der Waals surface area (Å²) in [5.74, 6) is 1.35. The number of methoxy groups -OCH3 is 1. The molecular formula is C28H36N4O5. The van der Waals surface area contributed by atoms with Crippen molar-refractivity contribution in [2.75, 3.05) is 53.1 Å². The molecule has 0 spiro atoms. The third kappa shape index (κ3) is 8.31. The van der Waals surface area contributed by atoms with Crippen LogP contribution in [0.15, 0.2) is 73.1 Å². The first-order valence-electron chi connectivity index (χ1n) is 12.6. The Morgan fingerprint density at radius 2 is 1.86 bits per heavy atom. The van der Waals surface area contributed by atoms with E-state index in [9.17, 15) is 9.90 Å². The molecule has 198 valence electrons. The molecule has 1 unspecified atom stereocenters. The lowest BCUT2D eigenvalue weighted by molar-refractivity contribution is -0.138. The molecule has 37 heavy (non-hydrogen) atoms. The molecule has 1 atom stereocenters. The molecule has 0 aliphatic carbocycles. The maximum absolute atomic E-state index is 12.6. The lowest BCUT2D eigenvalue weighted by Crippen LogP contribution is -2.52. The van der Waals surface area contributed by atoms with E-state index in [1.165, 1.54) is 7.11 Å². The van der Waals surface area contributed by atoms with Crippen LogP contribution in [-0.2, 0) is 22.6 Å². The van der Waals surface area contributed by atoms with E-state index < -0.39 is 5.60 Å². The summed E-state index contributed by atoms with van der Waals surface area (Å²) in [7, 11) is 1.50. The quantitative estimate of drug-likeness (QED) is 0.376. The minimum atomic E-state index is -1.24. The summed E-state index contributed by atoms with van der Waals surface area (Å²) in [4.78, 5) is 16.5. The van der Waals surface area contributed by atoms with Crippen LogP contribution in [0.5, 0.6) is 11.5 Å². The summed E-state index contributed by atoms with van der Waals surface area (Å²) in [6.45, 7) is 3.74. The zero-order valence-electron chi connectivity index (χ0n) is 21.4. The van der Waals surface area contributed by atoms with Crippen LogP contribution in [0, 0.1) is 0 Å². The van der Waals surface area contributed by atoms with Crippen molar-refractivity contribution in [2.24, 2.45) is 0 Å². The fraction of sp³-hybridized carbons (Fsp3) is 0.429. The third-order valence-electron chi connectivity index (χ3n) is 6.22. The minimum Gasteiger partial charge on any atom is -0.494 e. The summed E-state index contributed by atoms with van der Waals surface area (Å²) < 4.78 is 18.8. The number of benzene rings is 2. The Morgan fingerprint density at radius 3 is 2.65 bits per heavy atom. The van der Waals surface area contributed by atoms with Gasteiger partial charge in [0, 0.05) is 58.6 Å². The van der Waals surface area contributed by atoms with Crippen LogP contribution in [0.4, 0.5) is 0 Å². The second-order valence-corrected chi connectivity index (χ2v) is 9.40. The Labute approximate surface area is 218 Å². The van der Waals surface area contributed by atoms with Crippen LogP contribution in [0.1, 0.15) is 12.0 Å². The summed E-state index contributed by atoms with van der Waals surface area (Å²) in [5.41, 5.74) is -0.163. The van der Waals surface area contributed by atoms with Gasteiger partial charge in [0.2, 0.25) is 5.91 Å². The molecule has 0 bridgehead atoms. The van der Waals surface area contributed by atoms with Crippen molar-refractivity contribution >= 4 is 5.91 Å². The molecule has 1 aliphatic heterocycles. The zero-order valence-corrected chi connectivity index (χ0v) is 21.4. The highest BCUT2D eigenvalue weighted by molar-refractivity contribution is 5.77. The van der Waals surface area contributed by atoms with Crippen LogP contribution in [0.2, 0.25) is 0 Å². The number of β-amino-alcohol motifs (C(OH)–C–C–N with tert-alkyl or cyclic N) is 1. The maximum atomic E-state index is 12.6. The maximum Gasteiger partial charge on any atom is 0.248 e. The Morgan fingerprint density at radius 1 is 1.03 bits per heavy atom. The number of aryl methyl sites for hydroxylation is 1. The van der Waals surface area contributed by atoms with Gasteiger partial charge in [-0.05, 0) is 35.9 Å². The average molecular weight is 509 g/mol. The number of carbonyl (C=O) groups excluding carboxylic acids is 1. The largest absolute Gasteiger partial charge is 0.494 e. The predicted octanol–water partition coefficient (Wildman–Crippen LogP) is 2.45. The SMILES string of the molecule is COCC(=O)N1CCN(Cc2cccc(OCCCn3cccn3)c2)CC(O)(COc2ccccc2)C1. The molecule has 1 saturated heterocycles. The molecule has 1 fully saturated rings. The Hall–Kier alpha value is -3.40. The Bertz CT molecular complexity index is 1090. The molecular weight excluding hydrogens is 472 g/mol. The second-order valence-electron chi connectivity index (χ2n) is 9.40. The van der Waals surface area contributed by atoms with Gasteiger partial charge in [0.05, 0.1) is 13.2 Å². The molecule has 0 saturated carbocycles. The smallest absolute Gasteiger partial charge is 0.248 e. The van der Waals surface area contributed by atoms with Gasteiger partial charge < -0.3 is 24.2 Å². The topological polar surface area (TPSA) is 89.3 Å². The van der Waals surface area contributed by atoms with E-state index in [0.29, 0.717) is 38.5 Å². The number of aliphatic hydroxyl groups is 1. The molecule has 2 heterocycles. The van der Waals surface area contributed by atoms with Gasteiger partial charge in [0.1, 0.15) is 30.3 Å². The van der Waals surface area contributed by atoms with Crippen molar-refractivity contribution in [1.29, 1.82) is 0 Å². The average Bonchev–Trinajstić information content (AvgIpc) is 3.36. The van der Waals surface area contributed by atoms with E-state index >= 15 is 0 Å². The molecule has 1 N–H and O–H groups in total. The van der Waals surface area contributed by atoms with E-state index in [2.05, 4.69) is 16.1 Å². The molecule has 4 rings (SSSR count). The van der Waals surface area contributed by atoms with E-state index in [-0.39, 0.29) is 25.7 Å². The van der Waals surface area contributed by atoms with Gasteiger partial charge in [-0.3, -0.25) is 14.4 Å². The van der Waals surface area contributed by atoms with Gasteiger partial charge in [-0.2, -0.15) is 5.10 Å². The van der Waals surface area contributed by atoms with Gasteiger partial charge in [-0.15, -0.1) is 0 Å². The van der Waals surface area contributed by atoms with Gasteiger partial charge >= 0.3 is 0 Å². The van der Waals surface area contributed by atoms with E-state index in [1.807, 2.05) is 65.5 Å². The monoisotopic (exact) mass is 508 g/mol. The molecule has 9 nitrogen and oxygen atoms in total. The molecule has 1 aliphatic rings. The van der Waals surface area contributed by atoms with Crippen molar-refractivity contribution in [3.63, 3.8) is 0 Å². The summed E-state index contributed by atoms with van der Waals surface area (Å²) in [6.07, 6.45) is 4.57. The van der Waals surface area contributed by atoms with Gasteiger partial charge in [-0.1, -0.05) is 30.3 Å². The Balaban J connectivity index is 1.38. The van der Waals surface area contributed by atoms with Crippen LogP contribution >= 0.6 is 0 Å². The van der Waals surface area contributed by atoms with Crippen LogP contribution in [0.3, 0.4) is 0 Å². The van der Waals surface area contributed by atoms with E-state index in [4.69, 9.17) is 14.2 Å². The zero-order chi connectivity index (χ0) is 25.9. The number of ether oxygens (including phenoxy) is 3. The van der Waals surface area contributed by atoms with Crippen LogP contribution < -0.4 is 9.47 Å². The number of aromatic nitrogens is 2. The highest BCUT2D eigenvalue weighted by Gasteiger charge is 2.37. The number of rotatable bonds is 12. The summed E-state index contributed by atoms with van der Waals surface area (Å²) in [5, 5.41) is 15.8. The first kappa shape index (κ1) is 26.7. The molecule has 1 aromatic heterocycles. The van der Waals surface area contributed by atoms with Crippen LogP contribution in [0.25, 0.3) is 0 Å². The number of para-hydroxylation sites is 1. The Kier molecular flexibility index (Phi) is 9.53. The number of hydrogen-bond acceptors (Lipinski definition) is 7. The number of carbonyl (C=O) groups is 1. The van der Waals surface area contributed by atoms with Crippen molar-refractivity contribution in [3.05, 3.63) is 78.6 Å². The van der Waals surface area contributed by atoms with Crippen molar-refractivity contribution in [3.8, 4) is 11.5 Å². The normalized spacial score (nSPS) is 18.4. The number of hydrogen-bond donors (Lipinski definition) is 1. The summed E-state index contributed by atoms with van der Waals surface area (Å²) in [6, 6.07) is 19.3. The second kappa shape index (κ2) is 13.2. The van der Waals surface area contributed by atoms with Gasteiger partial charge in [-0.25, -0.2) is 0 Å². The fourth-order valence-electron chi connectivity index (χ4n) is 4.47. The number of nitrogens with zero attached hydrogens (tertiary/aromatic N) is 4. The highest BCUT2D eigenvalue weighted by atomic mass is 16.5. The van der Waals surface area contributed by atoms with Crippen LogP contribution in [-0.4, -0.2) is 89.3 Å². The summed E-state index contributed by atoms with van der Waals surface area (Å²) >= 11 is 0. The predicted molar refractivity (Wildman–Crippen MR) is 139 cm³/mol. The van der Waals surface area contributed by atoms with Crippen molar-refractivity contribution in [2.45, 2.75) is 25.1 Å². The first-order valence-corrected chi connectivity index (χ1v) is 12.6. The minimum absolute atomic E-state index is 0.0184. The standard InChI is InChI=1S/C28H36N4O5/c1-35-20-27(33)31-16-15-30(21-28(34,22-31)23-37-25-9-3-2-4-10-25)19-24-8-5-11-26(18-24)36-17-7-14-32-13-6-12-29-32/h2-6,8-13,18,34H,7,14-17,19-23H2,1H3. The van der Waals surface area contributed by atoms with Crippen molar-refractivity contribution < 1.29 is 24.1 Å². The molecule has 0 radical (unpaired) electrons. The van der Waals surface area contributed by atoms with Crippen molar-refractivity contribution in [1.82, 2.24) is 19.6 Å². The van der Waals surface area contributed by atoms with Gasteiger partial charge in [0.15, 0.2) is 0 Å². The first-order chi connectivity index (χ1) is 18.0. The lowest BCUT2D eigenvalue weighted by Gasteiger charge is -2.33. The highest BCUT2D eigenvalue weighted by Crippen LogP contribution is 2.21. The molecule has 2 aromatic carbocycles. The van der Waals surface area contributed by atoms with E-state index in [1.54, 1.807) is 11.1 Å². The third-order valence-corrected chi connectivity index (χ3v) is 6.22. The van der Waals surface area contributed by atoms with E-state index in [0.717, 1.165) is 24.3 Å². The molecule has 1 amide bonds. The fourth-order valence-corrected chi connectivity index (χ4v) is 4.47. The van der Waals surface area contributed by atoms with Gasteiger partial charge in [0.25, 0.3) is 0 Å². The lowest BCUT2D eigenvalue weighted by atomic mass is 10.0. The molecule has 9 heteroatoms. The molecule has 3 aromatic rings. The number of amides is 1.